The molecule has 0 N–H and O–H groups in total. The van der Waals surface area contributed by atoms with Gasteiger partial charge in [0.1, 0.15) is 5.69 Å². The predicted octanol–water partition coefficient (Wildman–Crippen LogP) is 6.91. The molecule has 0 radical (unpaired) electrons. The maximum atomic E-state index is 5.78. The van der Waals surface area contributed by atoms with Crippen LogP contribution < -0.4 is 0 Å². The van der Waals surface area contributed by atoms with Crippen molar-refractivity contribution in [3.8, 4) is 22.6 Å². The normalized spacial score (nSPS) is 10.9. The van der Waals surface area contributed by atoms with E-state index in [4.69, 9.17) is 4.52 Å². The molecule has 1 aromatic heterocycles. The van der Waals surface area contributed by atoms with Crippen molar-refractivity contribution in [2.45, 2.75) is 51.9 Å². The minimum atomic E-state index is 0.924. The summed E-state index contributed by atoms with van der Waals surface area (Å²) in [5, 5.41) is 4.42. The number of hydrogen-bond donors (Lipinski definition) is 0. The zero-order chi connectivity index (χ0) is 17.3. The Balaban J connectivity index is 1.80. The highest BCUT2D eigenvalue weighted by Crippen LogP contribution is 2.33. The minimum absolute atomic E-state index is 0.924. The van der Waals surface area contributed by atoms with Crippen molar-refractivity contribution < 1.29 is 4.52 Å². The smallest absolute Gasteiger partial charge is 0.170 e. The standard InChI is InChI=1S/C23H27NO/c1-2-3-4-5-6-13-18-21-22(19-14-9-7-10-15-19)24-25-23(21)20-16-11-8-12-17-20/h7-12,14-17H,2-6,13,18H2,1H3. The van der Waals surface area contributed by atoms with E-state index in [0.717, 1.165) is 29.0 Å². The van der Waals surface area contributed by atoms with E-state index in [2.05, 4.69) is 60.6 Å². The molecule has 0 saturated heterocycles. The molecule has 0 fully saturated rings. The molecule has 0 aliphatic heterocycles. The third kappa shape index (κ3) is 4.60. The lowest BCUT2D eigenvalue weighted by molar-refractivity contribution is 0.434. The van der Waals surface area contributed by atoms with Crippen LogP contribution in [0.3, 0.4) is 0 Å². The van der Waals surface area contributed by atoms with Crippen LogP contribution in [0.1, 0.15) is 51.0 Å². The van der Waals surface area contributed by atoms with Gasteiger partial charge >= 0.3 is 0 Å². The minimum Gasteiger partial charge on any atom is -0.355 e. The second-order valence-corrected chi connectivity index (χ2v) is 6.59. The quantitative estimate of drug-likeness (QED) is 0.397. The first-order chi connectivity index (χ1) is 12.4. The van der Waals surface area contributed by atoms with Crippen LogP contribution in [0.4, 0.5) is 0 Å². The second-order valence-electron chi connectivity index (χ2n) is 6.59. The van der Waals surface area contributed by atoms with Crippen molar-refractivity contribution in [2.24, 2.45) is 0 Å². The molecule has 3 aromatic rings. The van der Waals surface area contributed by atoms with Crippen molar-refractivity contribution in [1.82, 2.24) is 5.16 Å². The third-order valence-electron chi connectivity index (χ3n) is 4.65. The molecule has 0 spiro atoms. The zero-order valence-corrected chi connectivity index (χ0v) is 15.1. The summed E-state index contributed by atoms with van der Waals surface area (Å²) in [4.78, 5) is 0. The second kappa shape index (κ2) is 9.22. The molecule has 0 aliphatic rings. The largest absolute Gasteiger partial charge is 0.355 e. The molecule has 25 heavy (non-hydrogen) atoms. The Bertz CT molecular complexity index is 689. The van der Waals surface area contributed by atoms with Gasteiger partial charge in [-0.3, -0.25) is 0 Å². The molecule has 0 aliphatic carbocycles. The molecular formula is C23H27NO. The molecule has 0 unspecified atom stereocenters. The van der Waals surface area contributed by atoms with Crippen molar-refractivity contribution in [3.05, 3.63) is 66.2 Å². The van der Waals surface area contributed by atoms with Gasteiger partial charge in [-0.2, -0.15) is 0 Å². The van der Waals surface area contributed by atoms with Gasteiger partial charge in [0.05, 0.1) is 0 Å². The van der Waals surface area contributed by atoms with Crippen molar-refractivity contribution in [2.75, 3.05) is 0 Å². The molecule has 0 saturated carbocycles. The first kappa shape index (κ1) is 17.5. The number of benzene rings is 2. The van der Waals surface area contributed by atoms with E-state index in [0.29, 0.717) is 0 Å². The van der Waals surface area contributed by atoms with Crippen LogP contribution in [0, 0.1) is 0 Å². The highest BCUT2D eigenvalue weighted by molar-refractivity contribution is 5.72. The number of nitrogens with zero attached hydrogens (tertiary/aromatic N) is 1. The summed E-state index contributed by atoms with van der Waals surface area (Å²) in [5.41, 5.74) is 4.48. The van der Waals surface area contributed by atoms with Crippen LogP contribution in [-0.4, -0.2) is 5.16 Å². The van der Waals surface area contributed by atoms with Crippen LogP contribution in [0.2, 0.25) is 0 Å². The van der Waals surface area contributed by atoms with Crippen LogP contribution in [0.5, 0.6) is 0 Å². The summed E-state index contributed by atoms with van der Waals surface area (Å²) in [6.07, 6.45) is 8.78. The SMILES string of the molecule is CCCCCCCCc1c(-c2ccccc2)noc1-c1ccccc1. The fraction of sp³-hybridized carbons (Fsp3) is 0.348. The Hall–Kier alpha value is -2.35. The summed E-state index contributed by atoms with van der Waals surface area (Å²) in [6, 6.07) is 20.7. The first-order valence-electron chi connectivity index (χ1n) is 9.49. The Morgan fingerprint density at radius 2 is 1.32 bits per heavy atom. The highest BCUT2D eigenvalue weighted by Gasteiger charge is 2.18. The molecule has 2 aromatic carbocycles. The fourth-order valence-electron chi connectivity index (χ4n) is 3.26. The van der Waals surface area contributed by atoms with Gasteiger partial charge in [-0.1, -0.05) is 105 Å². The van der Waals surface area contributed by atoms with Gasteiger partial charge in [0, 0.05) is 16.7 Å². The van der Waals surface area contributed by atoms with E-state index in [1.54, 1.807) is 0 Å². The lowest BCUT2D eigenvalue weighted by Crippen LogP contribution is -1.91. The summed E-state index contributed by atoms with van der Waals surface area (Å²) >= 11 is 0. The molecule has 0 amide bonds. The van der Waals surface area contributed by atoms with Gasteiger partial charge in [-0.15, -0.1) is 0 Å². The van der Waals surface area contributed by atoms with Gasteiger partial charge in [-0.05, 0) is 12.8 Å². The average molecular weight is 333 g/mol. The highest BCUT2D eigenvalue weighted by atomic mass is 16.5. The number of hydrogen-bond acceptors (Lipinski definition) is 2. The van der Waals surface area contributed by atoms with Crippen LogP contribution in [0.25, 0.3) is 22.6 Å². The van der Waals surface area contributed by atoms with E-state index < -0.39 is 0 Å². The Morgan fingerprint density at radius 3 is 2.00 bits per heavy atom. The van der Waals surface area contributed by atoms with Crippen molar-refractivity contribution in [1.29, 1.82) is 0 Å². The van der Waals surface area contributed by atoms with Gasteiger partial charge < -0.3 is 4.52 Å². The van der Waals surface area contributed by atoms with Gasteiger partial charge in [-0.25, -0.2) is 0 Å². The fourth-order valence-corrected chi connectivity index (χ4v) is 3.26. The van der Waals surface area contributed by atoms with Gasteiger partial charge in [0.15, 0.2) is 5.76 Å². The monoisotopic (exact) mass is 333 g/mol. The van der Waals surface area contributed by atoms with Crippen LogP contribution in [0.15, 0.2) is 65.2 Å². The number of aromatic nitrogens is 1. The third-order valence-corrected chi connectivity index (χ3v) is 4.65. The summed E-state index contributed by atoms with van der Waals surface area (Å²) in [6.45, 7) is 2.26. The van der Waals surface area contributed by atoms with E-state index >= 15 is 0 Å². The molecule has 3 rings (SSSR count). The number of unbranched alkanes of at least 4 members (excludes halogenated alkanes) is 5. The van der Waals surface area contributed by atoms with Crippen molar-refractivity contribution >= 4 is 0 Å². The van der Waals surface area contributed by atoms with Crippen LogP contribution >= 0.6 is 0 Å². The maximum Gasteiger partial charge on any atom is 0.170 e. The molecule has 2 nitrogen and oxygen atoms in total. The summed E-state index contributed by atoms with van der Waals surface area (Å²) in [5.74, 6) is 0.924. The summed E-state index contributed by atoms with van der Waals surface area (Å²) in [7, 11) is 0. The molecule has 2 heteroatoms. The van der Waals surface area contributed by atoms with E-state index in [9.17, 15) is 0 Å². The Labute approximate surface area is 150 Å². The van der Waals surface area contributed by atoms with Gasteiger partial charge in [0.25, 0.3) is 0 Å². The van der Waals surface area contributed by atoms with E-state index in [1.165, 1.54) is 44.1 Å². The van der Waals surface area contributed by atoms with Crippen LogP contribution in [-0.2, 0) is 6.42 Å². The Morgan fingerprint density at radius 1 is 0.720 bits per heavy atom. The molecular weight excluding hydrogens is 306 g/mol. The first-order valence-corrected chi connectivity index (χ1v) is 9.49. The molecule has 1 heterocycles. The summed E-state index contributed by atoms with van der Waals surface area (Å²) < 4.78 is 5.78. The number of rotatable bonds is 9. The molecule has 130 valence electrons. The topological polar surface area (TPSA) is 26.0 Å². The molecule has 0 bridgehead atoms. The maximum absolute atomic E-state index is 5.78. The lowest BCUT2D eigenvalue weighted by Gasteiger charge is -2.05. The lowest BCUT2D eigenvalue weighted by atomic mass is 9.97. The van der Waals surface area contributed by atoms with E-state index in [-0.39, 0.29) is 0 Å². The molecule has 0 atom stereocenters. The predicted molar refractivity (Wildman–Crippen MR) is 104 cm³/mol. The van der Waals surface area contributed by atoms with Crippen molar-refractivity contribution in [3.63, 3.8) is 0 Å². The average Bonchev–Trinajstić information content (AvgIpc) is 3.10. The zero-order valence-electron chi connectivity index (χ0n) is 15.1. The van der Waals surface area contributed by atoms with E-state index in [1.807, 2.05) is 12.1 Å². The van der Waals surface area contributed by atoms with Gasteiger partial charge in [0.2, 0.25) is 0 Å². The Kier molecular flexibility index (Phi) is 6.44.